The van der Waals surface area contributed by atoms with Crippen LogP contribution < -0.4 is 5.73 Å². The number of rotatable bonds is 3. The third-order valence-corrected chi connectivity index (χ3v) is 5.49. The van der Waals surface area contributed by atoms with E-state index in [4.69, 9.17) is 17.3 Å². The van der Waals surface area contributed by atoms with Crippen LogP contribution in [0, 0.1) is 0 Å². The lowest BCUT2D eigenvalue weighted by molar-refractivity contribution is 0.199. The summed E-state index contributed by atoms with van der Waals surface area (Å²) >= 11 is 11.9. The van der Waals surface area contributed by atoms with Crippen LogP contribution in [0.2, 0.25) is 5.02 Å². The van der Waals surface area contributed by atoms with Gasteiger partial charge in [-0.25, -0.2) is 0 Å². The first-order chi connectivity index (χ1) is 9.01. The predicted molar refractivity (Wildman–Crippen MR) is 89.0 cm³/mol. The SMILES string of the molecule is CC1CN(C(CN)c2cc(Br)ccc2Cl)CC(C)S1. The Hall–Kier alpha value is 0.260. The highest BCUT2D eigenvalue weighted by Crippen LogP contribution is 2.34. The van der Waals surface area contributed by atoms with Gasteiger partial charge in [0.05, 0.1) is 0 Å². The van der Waals surface area contributed by atoms with E-state index < -0.39 is 0 Å². The molecule has 2 nitrogen and oxygen atoms in total. The molecule has 1 aliphatic heterocycles. The van der Waals surface area contributed by atoms with Gasteiger partial charge in [0.2, 0.25) is 0 Å². The van der Waals surface area contributed by atoms with E-state index in [1.807, 2.05) is 12.1 Å². The van der Waals surface area contributed by atoms with E-state index in [1.54, 1.807) is 0 Å². The molecule has 5 heteroatoms. The first-order valence-corrected chi connectivity index (χ1v) is 8.67. The molecule has 1 heterocycles. The van der Waals surface area contributed by atoms with Gasteiger partial charge in [0.25, 0.3) is 0 Å². The zero-order chi connectivity index (χ0) is 14.0. The normalized spacial score (nSPS) is 26.4. The average Bonchev–Trinajstić information content (AvgIpc) is 2.33. The molecule has 1 aromatic carbocycles. The Kier molecular flexibility index (Phi) is 5.61. The van der Waals surface area contributed by atoms with Crippen molar-refractivity contribution in [2.24, 2.45) is 5.73 Å². The topological polar surface area (TPSA) is 29.3 Å². The fourth-order valence-corrected chi connectivity index (χ4v) is 4.69. The van der Waals surface area contributed by atoms with Crippen LogP contribution in [-0.2, 0) is 0 Å². The van der Waals surface area contributed by atoms with Crippen molar-refractivity contribution in [3.63, 3.8) is 0 Å². The van der Waals surface area contributed by atoms with Crippen molar-refractivity contribution in [3.05, 3.63) is 33.3 Å². The lowest BCUT2D eigenvalue weighted by Gasteiger charge is -2.39. The summed E-state index contributed by atoms with van der Waals surface area (Å²) in [5, 5.41) is 2.09. The number of hydrogen-bond donors (Lipinski definition) is 1. The molecule has 1 aromatic rings. The summed E-state index contributed by atoms with van der Waals surface area (Å²) in [6, 6.07) is 6.21. The molecule has 1 aliphatic rings. The monoisotopic (exact) mass is 362 g/mol. The fraction of sp³-hybridized carbons (Fsp3) is 0.571. The first-order valence-electron chi connectivity index (χ1n) is 6.55. The number of halogens is 2. The van der Waals surface area contributed by atoms with E-state index in [0.717, 1.165) is 28.1 Å². The molecular weight excluding hydrogens is 344 g/mol. The Labute approximate surface area is 133 Å². The summed E-state index contributed by atoms with van der Waals surface area (Å²) in [5.74, 6) is 0. The van der Waals surface area contributed by atoms with E-state index in [9.17, 15) is 0 Å². The van der Waals surface area contributed by atoms with Gasteiger partial charge in [-0.1, -0.05) is 41.4 Å². The highest BCUT2D eigenvalue weighted by Gasteiger charge is 2.29. The highest BCUT2D eigenvalue weighted by atomic mass is 79.9. The molecule has 0 radical (unpaired) electrons. The van der Waals surface area contributed by atoms with Crippen molar-refractivity contribution in [2.45, 2.75) is 30.4 Å². The number of hydrogen-bond acceptors (Lipinski definition) is 3. The Balaban J connectivity index is 2.26. The number of benzene rings is 1. The zero-order valence-corrected chi connectivity index (χ0v) is 14.4. The largest absolute Gasteiger partial charge is 0.329 e. The van der Waals surface area contributed by atoms with E-state index in [-0.39, 0.29) is 6.04 Å². The molecule has 2 rings (SSSR count). The van der Waals surface area contributed by atoms with Crippen molar-refractivity contribution in [3.8, 4) is 0 Å². The van der Waals surface area contributed by atoms with Crippen LogP contribution in [0.1, 0.15) is 25.5 Å². The Morgan fingerprint density at radius 2 is 2.05 bits per heavy atom. The van der Waals surface area contributed by atoms with Crippen LogP contribution in [0.3, 0.4) is 0 Å². The van der Waals surface area contributed by atoms with Gasteiger partial charge >= 0.3 is 0 Å². The maximum atomic E-state index is 6.35. The van der Waals surface area contributed by atoms with Crippen LogP contribution in [0.15, 0.2) is 22.7 Å². The van der Waals surface area contributed by atoms with Crippen molar-refractivity contribution in [2.75, 3.05) is 19.6 Å². The van der Waals surface area contributed by atoms with Gasteiger partial charge in [-0.2, -0.15) is 11.8 Å². The van der Waals surface area contributed by atoms with Crippen LogP contribution in [0.5, 0.6) is 0 Å². The molecule has 0 aromatic heterocycles. The third-order valence-electron chi connectivity index (χ3n) is 3.43. The van der Waals surface area contributed by atoms with E-state index in [0.29, 0.717) is 17.0 Å². The number of nitrogens with zero attached hydrogens (tertiary/aromatic N) is 1. The van der Waals surface area contributed by atoms with Crippen molar-refractivity contribution >= 4 is 39.3 Å². The van der Waals surface area contributed by atoms with Gasteiger partial charge < -0.3 is 5.73 Å². The smallest absolute Gasteiger partial charge is 0.0486 e. The molecule has 3 unspecified atom stereocenters. The minimum Gasteiger partial charge on any atom is -0.329 e. The molecule has 3 atom stereocenters. The standard InChI is InChI=1S/C14H20BrClN2S/c1-9-7-18(8-10(2)19-9)14(6-17)12-5-11(15)3-4-13(12)16/h3-5,9-10,14H,6-8,17H2,1-2H3. The Morgan fingerprint density at radius 1 is 1.42 bits per heavy atom. The molecule has 0 saturated carbocycles. The van der Waals surface area contributed by atoms with Crippen molar-refractivity contribution in [1.82, 2.24) is 4.90 Å². The quantitative estimate of drug-likeness (QED) is 0.882. The minimum absolute atomic E-state index is 0.204. The van der Waals surface area contributed by atoms with Crippen LogP contribution >= 0.6 is 39.3 Å². The maximum absolute atomic E-state index is 6.35. The average molecular weight is 364 g/mol. The van der Waals surface area contributed by atoms with Gasteiger partial charge in [0.1, 0.15) is 0 Å². The maximum Gasteiger partial charge on any atom is 0.0486 e. The van der Waals surface area contributed by atoms with Gasteiger partial charge in [-0.05, 0) is 23.8 Å². The summed E-state index contributed by atoms with van der Waals surface area (Å²) < 4.78 is 1.05. The minimum atomic E-state index is 0.204. The van der Waals surface area contributed by atoms with Crippen LogP contribution in [-0.4, -0.2) is 35.0 Å². The zero-order valence-electron chi connectivity index (χ0n) is 11.3. The summed E-state index contributed by atoms with van der Waals surface area (Å²) in [4.78, 5) is 2.47. The van der Waals surface area contributed by atoms with Gasteiger partial charge in [-0.3, -0.25) is 4.90 Å². The lowest BCUT2D eigenvalue weighted by Crippen LogP contribution is -2.44. The van der Waals surface area contributed by atoms with Crippen LogP contribution in [0.25, 0.3) is 0 Å². The third kappa shape index (κ3) is 3.88. The summed E-state index contributed by atoms with van der Waals surface area (Å²) in [6.45, 7) is 7.30. The fourth-order valence-electron chi connectivity index (χ4n) is 2.71. The van der Waals surface area contributed by atoms with Crippen molar-refractivity contribution in [1.29, 1.82) is 0 Å². The molecule has 19 heavy (non-hydrogen) atoms. The van der Waals surface area contributed by atoms with E-state index in [2.05, 4.69) is 52.5 Å². The first kappa shape index (κ1) is 15.6. The molecule has 0 aliphatic carbocycles. The molecule has 0 amide bonds. The Bertz CT molecular complexity index is 433. The molecule has 2 N–H and O–H groups in total. The van der Waals surface area contributed by atoms with E-state index >= 15 is 0 Å². The van der Waals surface area contributed by atoms with Gasteiger partial charge in [0, 0.05) is 45.7 Å². The van der Waals surface area contributed by atoms with Crippen molar-refractivity contribution < 1.29 is 0 Å². The molecule has 1 saturated heterocycles. The molecular formula is C14H20BrClN2S. The summed E-state index contributed by atoms with van der Waals surface area (Å²) in [6.07, 6.45) is 0. The number of thioether (sulfide) groups is 1. The lowest BCUT2D eigenvalue weighted by atomic mass is 10.0. The summed E-state index contributed by atoms with van der Waals surface area (Å²) in [7, 11) is 0. The molecule has 106 valence electrons. The predicted octanol–water partition coefficient (Wildman–Crippen LogP) is 3.93. The molecule has 0 bridgehead atoms. The van der Waals surface area contributed by atoms with Gasteiger partial charge in [-0.15, -0.1) is 0 Å². The second kappa shape index (κ2) is 6.81. The second-order valence-electron chi connectivity index (χ2n) is 5.13. The molecule has 0 spiro atoms. The van der Waals surface area contributed by atoms with Gasteiger partial charge in [0.15, 0.2) is 0 Å². The number of nitrogens with two attached hydrogens (primary N) is 1. The second-order valence-corrected chi connectivity index (χ2v) is 8.33. The van der Waals surface area contributed by atoms with E-state index in [1.165, 1.54) is 0 Å². The summed E-state index contributed by atoms with van der Waals surface area (Å²) in [5.41, 5.74) is 7.15. The Morgan fingerprint density at radius 3 is 2.63 bits per heavy atom. The molecule has 1 fully saturated rings. The van der Waals surface area contributed by atoms with Crippen LogP contribution in [0.4, 0.5) is 0 Å². The highest BCUT2D eigenvalue weighted by molar-refractivity contribution is 9.10.